The van der Waals surface area contributed by atoms with E-state index in [1.165, 1.54) is 17.0 Å². The smallest absolute Gasteiger partial charge is 0.406 e. The Labute approximate surface area is 176 Å². The van der Waals surface area contributed by atoms with Gasteiger partial charge in [-0.25, -0.2) is 0 Å². The zero-order chi connectivity index (χ0) is 22.6. The first kappa shape index (κ1) is 22.1. The first-order valence-electron chi connectivity index (χ1n) is 9.44. The molecule has 1 unspecified atom stereocenters. The number of hydrogen-bond acceptors (Lipinski definition) is 4. The molecule has 1 saturated heterocycles. The summed E-state index contributed by atoms with van der Waals surface area (Å²) in [5.74, 6) is -2.55. The van der Waals surface area contributed by atoms with Gasteiger partial charge in [0.05, 0.1) is 6.42 Å². The fourth-order valence-electron chi connectivity index (χ4n) is 3.24. The van der Waals surface area contributed by atoms with Crippen molar-refractivity contribution in [2.24, 2.45) is 5.92 Å². The summed E-state index contributed by atoms with van der Waals surface area (Å²) >= 11 is 0. The highest BCUT2D eigenvalue weighted by Gasteiger charge is 2.38. The molecule has 10 heteroatoms. The Morgan fingerprint density at radius 2 is 1.87 bits per heavy atom. The molecule has 1 aliphatic heterocycles. The molecule has 1 heterocycles. The number of alkyl halides is 3. The molecule has 7 nitrogen and oxygen atoms in total. The summed E-state index contributed by atoms with van der Waals surface area (Å²) in [5.41, 5.74) is 1.46. The van der Waals surface area contributed by atoms with Crippen molar-refractivity contribution in [3.63, 3.8) is 0 Å². The second-order valence-corrected chi connectivity index (χ2v) is 6.91. The quantitative estimate of drug-likeness (QED) is 0.683. The summed E-state index contributed by atoms with van der Waals surface area (Å²) in [6.45, 7) is 0.192. The Kier molecular flexibility index (Phi) is 6.47. The van der Waals surface area contributed by atoms with Gasteiger partial charge < -0.3 is 20.3 Å². The maximum Gasteiger partial charge on any atom is 0.573 e. The van der Waals surface area contributed by atoms with Crippen molar-refractivity contribution in [3.05, 3.63) is 54.1 Å². The molecule has 1 atom stereocenters. The van der Waals surface area contributed by atoms with Crippen molar-refractivity contribution in [3.8, 4) is 5.75 Å². The second kappa shape index (κ2) is 9.07. The van der Waals surface area contributed by atoms with Crippen molar-refractivity contribution < 1.29 is 32.3 Å². The molecule has 31 heavy (non-hydrogen) atoms. The number of amides is 3. The van der Waals surface area contributed by atoms with E-state index in [0.717, 1.165) is 17.7 Å². The van der Waals surface area contributed by atoms with Crippen LogP contribution in [0.3, 0.4) is 0 Å². The molecular weight excluding hydrogens is 415 g/mol. The summed E-state index contributed by atoms with van der Waals surface area (Å²) in [6, 6.07) is 11.7. The van der Waals surface area contributed by atoms with Gasteiger partial charge in [-0.05, 0) is 36.2 Å². The molecule has 0 radical (unpaired) electrons. The minimum absolute atomic E-state index is 0.141. The number of rotatable bonds is 6. The normalized spacial score (nSPS) is 16.2. The molecule has 2 aromatic rings. The minimum Gasteiger partial charge on any atom is -0.406 e. The van der Waals surface area contributed by atoms with Gasteiger partial charge in [-0.2, -0.15) is 0 Å². The van der Waals surface area contributed by atoms with E-state index in [1.54, 1.807) is 31.3 Å². The highest BCUT2D eigenvalue weighted by Crippen LogP contribution is 2.31. The highest BCUT2D eigenvalue weighted by molar-refractivity contribution is 6.13. The summed E-state index contributed by atoms with van der Waals surface area (Å²) in [4.78, 5) is 37.9. The molecule has 3 amide bonds. The molecule has 1 aliphatic rings. The Morgan fingerprint density at radius 1 is 1.16 bits per heavy atom. The lowest BCUT2D eigenvalue weighted by Gasteiger charge is -2.18. The number of hydrogen-bond donors (Lipinski definition) is 2. The van der Waals surface area contributed by atoms with Gasteiger partial charge in [0.2, 0.25) is 17.7 Å². The Hall–Kier alpha value is -3.56. The van der Waals surface area contributed by atoms with Crippen molar-refractivity contribution in [2.75, 3.05) is 23.8 Å². The van der Waals surface area contributed by atoms with Crippen LogP contribution in [0.2, 0.25) is 0 Å². The van der Waals surface area contributed by atoms with E-state index in [-0.39, 0.29) is 31.0 Å². The van der Waals surface area contributed by atoms with Gasteiger partial charge in [0.1, 0.15) is 11.7 Å². The topological polar surface area (TPSA) is 87.7 Å². The molecule has 164 valence electrons. The van der Waals surface area contributed by atoms with Crippen molar-refractivity contribution in [1.82, 2.24) is 5.32 Å². The van der Waals surface area contributed by atoms with Gasteiger partial charge in [0, 0.05) is 31.0 Å². The van der Waals surface area contributed by atoms with Crippen molar-refractivity contribution >= 4 is 29.1 Å². The largest absolute Gasteiger partial charge is 0.573 e. The van der Waals surface area contributed by atoms with E-state index in [1.807, 2.05) is 0 Å². The van der Waals surface area contributed by atoms with Crippen LogP contribution in [0.15, 0.2) is 48.5 Å². The average Bonchev–Trinajstić information content (AvgIpc) is 3.09. The Balaban J connectivity index is 1.64. The molecular formula is C21H20F3N3O4. The molecule has 0 aromatic heterocycles. The Bertz CT molecular complexity index is 977. The van der Waals surface area contributed by atoms with E-state index in [0.29, 0.717) is 5.69 Å². The molecule has 1 fully saturated rings. The average molecular weight is 435 g/mol. The number of nitrogens with zero attached hydrogens (tertiary/aromatic N) is 1. The standard InChI is InChI=1S/C21H20F3N3O4/c1-25-18(28)11-13-5-7-14(8-6-13)26-19(29)17-9-10-27(20(17)30)15-3-2-4-16(12-15)31-21(22,23)24/h2-8,12,17H,9-11H2,1H3,(H,25,28)(H,26,29). The number of carbonyl (C=O) groups is 3. The number of carbonyl (C=O) groups excluding carboxylic acids is 3. The van der Waals surface area contributed by atoms with Gasteiger partial charge in [-0.3, -0.25) is 14.4 Å². The molecule has 0 aliphatic carbocycles. The number of halogens is 3. The van der Waals surface area contributed by atoms with Crippen LogP contribution in [-0.2, 0) is 20.8 Å². The molecule has 2 aromatic carbocycles. The van der Waals surface area contributed by atoms with Crippen LogP contribution in [0.1, 0.15) is 12.0 Å². The second-order valence-electron chi connectivity index (χ2n) is 6.91. The zero-order valence-corrected chi connectivity index (χ0v) is 16.5. The first-order valence-corrected chi connectivity index (χ1v) is 9.44. The third kappa shape index (κ3) is 5.74. The van der Waals surface area contributed by atoms with Crippen LogP contribution in [0, 0.1) is 5.92 Å². The fourth-order valence-corrected chi connectivity index (χ4v) is 3.24. The number of benzene rings is 2. The zero-order valence-electron chi connectivity index (χ0n) is 16.5. The maximum absolute atomic E-state index is 12.7. The highest BCUT2D eigenvalue weighted by atomic mass is 19.4. The number of nitrogens with one attached hydrogen (secondary N) is 2. The van der Waals surface area contributed by atoms with Crippen LogP contribution >= 0.6 is 0 Å². The maximum atomic E-state index is 12.7. The van der Waals surface area contributed by atoms with Crippen molar-refractivity contribution in [1.29, 1.82) is 0 Å². The fraction of sp³-hybridized carbons (Fsp3) is 0.286. The Morgan fingerprint density at radius 3 is 2.52 bits per heavy atom. The predicted molar refractivity (Wildman–Crippen MR) is 106 cm³/mol. The van der Waals surface area contributed by atoms with E-state index in [9.17, 15) is 27.6 Å². The summed E-state index contributed by atoms with van der Waals surface area (Å²) < 4.78 is 41.2. The minimum atomic E-state index is -4.84. The lowest BCUT2D eigenvalue weighted by atomic mass is 10.1. The van der Waals surface area contributed by atoms with Gasteiger partial charge in [-0.1, -0.05) is 18.2 Å². The summed E-state index contributed by atoms with van der Waals surface area (Å²) in [6.07, 6.45) is -4.41. The lowest BCUT2D eigenvalue weighted by Crippen LogP contribution is -2.33. The van der Waals surface area contributed by atoms with Gasteiger partial charge in [0.15, 0.2) is 0 Å². The SMILES string of the molecule is CNC(=O)Cc1ccc(NC(=O)C2CCN(c3cccc(OC(F)(F)F)c3)C2=O)cc1. The number of likely N-dealkylation sites (N-methyl/N-ethyl adjacent to an activating group) is 1. The molecule has 0 spiro atoms. The predicted octanol–water partition coefficient (Wildman–Crippen LogP) is 2.87. The molecule has 2 N–H and O–H groups in total. The van der Waals surface area contributed by atoms with Gasteiger partial charge >= 0.3 is 6.36 Å². The van der Waals surface area contributed by atoms with E-state index in [4.69, 9.17) is 0 Å². The monoisotopic (exact) mass is 435 g/mol. The van der Waals surface area contributed by atoms with Gasteiger partial charge in [-0.15, -0.1) is 13.2 Å². The van der Waals surface area contributed by atoms with Crippen molar-refractivity contribution in [2.45, 2.75) is 19.2 Å². The summed E-state index contributed by atoms with van der Waals surface area (Å²) in [5, 5.41) is 5.18. The first-order chi connectivity index (χ1) is 14.7. The third-order valence-electron chi connectivity index (χ3n) is 4.75. The van der Waals surface area contributed by atoms with Crippen LogP contribution in [0.5, 0.6) is 5.75 Å². The van der Waals surface area contributed by atoms with Crippen LogP contribution in [0.4, 0.5) is 24.5 Å². The molecule has 0 saturated carbocycles. The van der Waals surface area contributed by atoms with Crippen LogP contribution in [-0.4, -0.2) is 37.7 Å². The third-order valence-corrected chi connectivity index (χ3v) is 4.75. The van der Waals surface area contributed by atoms with E-state index >= 15 is 0 Å². The number of ether oxygens (including phenoxy) is 1. The lowest BCUT2D eigenvalue weighted by molar-refractivity contribution is -0.274. The van der Waals surface area contributed by atoms with Gasteiger partial charge in [0.25, 0.3) is 0 Å². The molecule has 3 rings (SSSR count). The van der Waals surface area contributed by atoms with E-state index < -0.39 is 29.8 Å². The summed E-state index contributed by atoms with van der Waals surface area (Å²) in [7, 11) is 1.54. The van der Waals surface area contributed by atoms with Crippen LogP contribution in [0.25, 0.3) is 0 Å². The van der Waals surface area contributed by atoms with Crippen LogP contribution < -0.4 is 20.3 Å². The number of anilines is 2. The molecule has 0 bridgehead atoms. The van der Waals surface area contributed by atoms with E-state index in [2.05, 4.69) is 15.4 Å².